The highest BCUT2D eigenvalue weighted by atomic mass is 28.4. The number of methoxy groups -OCH3 is 2. The first-order valence-corrected chi connectivity index (χ1v) is 14.1. The van der Waals surface area contributed by atoms with E-state index in [0.717, 1.165) is 36.1 Å². The van der Waals surface area contributed by atoms with E-state index in [-0.39, 0.29) is 24.0 Å². The third-order valence-electron chi connectivity index (χ3n) is 5.92. The lowest BCUT2D eigenvalue weighted by atomic mass is 10.0. The summed E-state index contributed by atoms with van der Waals surface area (Å²) in [5, 5.41) is 0.155. The second-order valence-corrected chi connectivity index (χ2v) is 14.4. The van der Waals surface area contributed by atoms with Gasteiger partial charge in [0.15, 0.2) is 8.32 Å². The van der Waals surface area contributed by atoms with Crippen LogP contribution in [0.4, 0.5) is 0 Å². The van der Waals surface area contributed by atoms with Crippen molar-refractivity contribution in [3.05, 3.63) is 42.0 Å². The summed E-state index contributed by atoms with van der Waals surface area (Å²) >= 11 is 0. The van der Waals surface area contributed by atoms with Gasteiger partial charge in [-0.05, 0) is 55.6 Å². The third-order valence-corrected chi connectivity index (χ3v) is 10.5. The average molecular weight is 453 g/mol. The van der Waals surface area contributed by atoms with Crippen molar-refractivity contribution in [1.82, 2.24) is 0 Å². The summed E-state index contributed by atoms with van der Waals surface area (Å²) < 4.78 is 28.8. The minimum absolute atomic E-state index is 0.0741. The molecule has 31 heavy (non-hydrogen) atoms. The zero-order valence-corrected chi connectivity index (χ0v) is 22.0. The van der Waals surface area contributed by atoms with Gasteiger partial charge < -0.3 is 23.4 Å². The summed E-state index contributed by atoms with van der Waals surface area (Å²) in [5.74, 6) is 0.858. The maximum Gasteiger partial charge on any atom is 0.192 e. The Bertz CT molecular complexity index is 636. The van der Waals surface area contributed by atoms with Gasteiger partial charge in [-0.25, -0.2) is 0 Å². The number of hydrogen-bond acceptors (Lipinski definition) is 5. The van der Waals surface area contributed by atoms with E-state index in [4.69, 9.17) is 23.4 Å². The fourth-order valence-electron chi connectivity index (χ4n) is 2.94. The van der Waals surface area contributed by atoms with Gasteiger partial charge >= 0.3 is 0 Å². The van der Waals surface area contributed by atoms with Gasteiger partial charge in [0.2, 0.25) is 0 Å². The summed E-state index contributed by atoms with van der Waals surface area (Å²) in [6, 6.07) is 7.98. The van der Waals surface area contributed by atoms with E-state index in [1.54, 1.807) is 14.2 Å². The van der Waals surface area contributed by atoms with Gasteiger partial charge in [0.25, 0.3) is 0 Å². The van der Waals surface area contributed by atoms with Crippen LogP contribution in [-0.4, -0.2) is 48.1 Å². The lowest BCUT2D eigenvalue weighted by molar-refractivity contribution is -0.0708. The molecule has 1 aromatic rings. The fourth-order valence-corrected chi connectivity index (χ4v) is 4.34. The molecule has 2 atom stereocenters. The molecule has 0 amide bonds. The third kappa shape index (κ3) is 10.3. The highest BCUT2D eigenvalue weighted by Gasteiger charge is 2.39. The van der Waals surface area contributed by atoms with Crippen LogP contribution in [0.3, 0.4) is 0 Å². The van der Waals surface area contributed by atoms with Crippen molar-refractivity contribution < 1.29 is 23.4 Å². The Kier molecular flexibility index (Phi) is 12.0. The van der Waals surface area contributed by atoms with Crippen molar-refractivity contribution in [3.63, 3.8) is 0 Å². The van der Waals surface area contributed by atoms with Gasteiger partial charge in [-0.1, -0.05) is 45.1 Å². The molecule has 0 heterocycles. The predicted molar refractivity (Wildman–Crippen MR) is 130 cm³/mol. The zero-order valence-electron chi connectivity index (χ0n) is 21.0. The van der Waals surface area contributed by atoms with E-state index < -0.39 is 8.32 Å². The molecule has 0 fully saturated rings. The van der Waals surface area contributed by atoms with Crippen molar-refractivity contribution in [2.45, 2.75) is 83.9 Å². The summed E-state index contributed by atoms with van der Waals surface area (Å²) in [6.45, 7) is 19.1. The Labute approximate surface area is 191 Å². The van der Waals surface area contributed by atoms with E-state index >= 15 is 0 Å². The Morgan fingerprint density at radius 3 is 2.26 bits per heavy atom. The maximum absolute atomic E-state index is 6.76. The first-order valence-electron chi connectivity index (χ1n) is 11.1. The van der Waals surface area contributed by atoms with Crippen molar-refractivity contribution in [1.29, 1.82) is 0 Å². The molecule has 0 bridgehead atoms. The molecule has 1 aromatic carbocycles. The van der Waals surface area contributed by atoms with Gasteiger partial charge in [-0.15, -0.1) is 0 Å². The SMILES string of the molecule is C=C(C)[C@@H](C[C@@H](CCCOCc1ccc(OC)cc1)O[Si](C)(C)C(C)(C)C)OCOC. The standard InChI is InChI=1S/C25H44O5Si/c1-20(2)24(29-19-26-6)17-23(30-31(8,9)25(3,4)5)11-10-16-28-18-21-12-14-22(27-7)15-13-21/h12-15,23-24H,1,10-11,16-19H2,2-9H3/t23-,24-/m1/s1. The Morgan fingerprint density at radius 2 is 1.74 bits per heavy atom. The lowest BCUT2D eigenvalue weighted by Crippen LogP contribution is -2.45. The lowest BCUT2D eigenvalue weighted by Gasteiger charge is -2.40. The first-order chi connectivity index (χ1) is 14.5. The molecule has 0 radical (unpaired) electrons. The van der Waals surface area contributed by atoms with Gasteiger partial charge in [-0.3, -0.25) is 0 Å². The van der Waals surface area contributed by atoms with E-state index in [2.05, 4.69) is 40.4 Å². The van der Waals surface area contributed by atoms with E-state index in [1.807, 2.05) is 31.2 Å². The van der Waals surface area contributed by atoms with Crippen LogP contribution in [-0.2, 0) is 25.2 Å². The molecule has 0 aliphatic carbocycles. The molecule has 178 valence electrons. The number of ether oxygens (including phenoxy) is 4. The Hall–Kier alpha value is -1.18. The van der Waals surface area contributed by atoms with Crippen molar-refractivity contribution >= 4 is 8.32 Å². The van der Waals surface area contributed by atoms with Crippen LogP contribution < -0.4 is 4.74 Å². The van der Waals surface area contributed by atoms with Crippen LogP contribution in [0.15, 0.2) is 36.4 Å². The Balaban J connectivity index is 2.64. The fraction of sp³-hybridized carbons (Fsp3) is 0.680. The van der Waals surface area contributed by atoms with Crippen LogP contribution in [0.1, 0.15) is 52.5 Å². The molecule has 0 unspecified atom stereocenters. The molecule has 0 aromatic heterocycles. The second kappa shape index (κ2) is 13.4. The summed E-state index contributed by atoms with van der Waals surface area (Å²) in [4.78, 5) is 0. The molecule has 0 aliphatic rings. The zero-order chi connectivity index (χ0) is 23.5. The van der Waals surface area contributed by atoms with Crippen molar-refractivity contribution in [3.8, 4) is 5.75 Å². The van der Waals surface area contributed by atoms with Gasteiger partial charge in [-0.2, -0.15) is 0 Å². The van der Waals surface area contributed by atoms with E-state index in [0.29, 0.717) is 13.2 Å². The summed E-state index contributed by atoms with van der Waals surface area (Å²) in [5.41, 5.74) is 2.14. The molecule has 0 aliphatic heterocycles. The van der Waals surface area contributed by atoms with Gasteiger partial charge in [0.05, 0.1) is 19.8 Å². The number of benzene rings is 1. The smallest absolute Gasteiger partial charge is 0.192 e. The predicted octanol–water partition coefficient (Wildman–Crippen LogP) is 6.34. The molecule has 0 N–H and O–H groups in total. The minimum Gasteiger partial charge on any atom is -0.497 e. The highest BCUT2D eigenvalue weighted by molar-refractivity contribution is 6.74. The molecular weight excluding hydrogens is 408 g/mol. The van der Waals surface area contributed by atoms with Gasteiger partial charge in [0, 0.05) is 26.2 Å². The largest absolute Gasteiger partial charge is 0.497 e. The molecule has 6 heteroatoms. The van der Waals surface area contributed by atoms with Crippen molar-refractivity contribution in [2.75, 3.05) is 27.6 Å². The minimum atomic E-state index is -1.90. The normalized spacial score (nSPS) is 14.3. The molecule has 1 rings (SSSR count). The number of rotatable bonds is 15. The molecule has 0 spiro atoms. The topological polar surface area (TPSA) is 46.2 Å². The maximum atomic E-state index is 6.76. The van der Waals surface area contributed by atoms with Crippen LogP contribution >= 0.6 is 0 Å². The molecule has 5 nitrogen and oxygen atoms in total. The highest BCUT2D eigenvalue weighted by Crippen LogP contribution is 2.38. The first kappa shape index (κ1) is 27.9. The van der Waals surface area contributed by atoms with Gasteiger partial charge in [0.1, 0.15) is 12.5 Å². The van der Waals surface area contributed by atoms with Crippen LogP contribution in [0.5, 0.6) is 5.75 Å². The van der Waals surface area contributed by atoms with Crippen LogP contribution in [0.2, 0.25) is 18.1 Å². The Morgan fingerprint density at radius 1 is 1.10 bits per heavy atom. The van der Waals surface area contributed by atoms with Crippen LogP contribution in [0.25, 0.3) is 0 Å². The summed E-state index contributed by atoms with van der Waals surface area (Å²) in [6.07, 6.45) is 2.67. The summed E-state index contributed by atoms with van der Waals surface area (Å²) in [7, 11) is 1.41. The van der Waals surface area contributed by atoms with Crippen LogP contribution in [0, 0.1) is 0 Å². The van der Waals surface area contributed by atoms with Crippen molar-refractivity contribution in [2.24, 2.45) is 0 Å². The average Bonchev–Trinajstić information content (AvgIpc) is 2.69. The molecule has 0 saturated carbocycles. The van der Waals surface area contributed by atoms with E-state index in [1.165, 1.54) is 0 Å². The molecular formula is C25H44O5Si. The molecule has 0 saturated heterocycles. The number of hydrogen-bond donors (Lipinski definition) is 0. The quantitative estimate of drug-likeness (QED) is 0.134. The van der Waals surface area contributed by atoms with E-state index in [9.17, 15) is 0 Å². The monoisotopic (exact) mass is 452 g/mol. The second-order valence-electron chi connectivity index (χ2n) is 9.69.